The van der Waals surface area contributed by atoms with Crippen LogP contribution >= 0.6 is 0 Å². The molecule has 158 valence electrons. The van der Waals surface area contributed by atoms with Crippen LogP contribution in [-0.4, -0.2) is 30.5 Å². The van der Waals surface area contributed by atoms with E-state index in [2.05, 4.69) is 0 Å². The Labute approximate surface area is 176 Å². The second kappa shape index (κ2) is 6.88. The second-order valence-electron chi connectivity index (χ2n) is 7.67. The molecule has 4 aromatic rings. The van der Waals surface area contributed by atoms with E-state index in [1.165, 1.54) is 23.7 Å². The van der Waals surface area contributed by atoms with Crippen molar-refractivity contribution in [1.82, 2.24) is 13.7 Å². The van der Waals surface area contributed by atoms with Crippen molar-refractivity contribution in [2.45, 2.75) is 12.6 Å². The van der Waals surface area contributed by atoms with E-state index in [0.717, 1.165) is 10.1 Å². The molecule has 0 unspecified atom stereocenters. The van der Waals surface area contributed by atoms with Crippen molar-refractivity contribution in [3.05, 3.63) is 80.6 Å². The lowest BCUT2D eigenvalue weighted by atomic mass is 10.0. The maximum atomic E-state index is 13.3. The number of benzene rings is 2. The molecule has 8 nitrogen and oxygen atoms in total. The molecule has 0 saturated heterocycles. The van der Waals surface area contributed by atoms with Gasteiger partial charge in [0.15, 0.2) is 0 Å². The molecule has 0 bridgehead atoms. The van der Waals surface area contributed by atoms with E-state index in [-0.39, 0.29) is 17.1 Å². The van der Waals surface area contributed by atoms with E-state index in [9.17, 15) is 19.8 Å². The average Bonchev–Trinajstić information content (AvgIpc) is 3.12. The van der Waals surface area contributed by atoms with Crippen molar-refractivity contribution in [3.63, 3.8) is 0 Å². The minimum Gasteiger partial charge on any atom is -0.508 e. The van der Waals surface area contributed by atoms with Gasteiger partial charge in [-0.25, -0.2) is 4.79 Å². The van der Waals surface area contributed by atoms with Gasteiger partial charge in [-0.1, -0.05) is 30.3 Å². The number of aromatic nitrogens is 3. The Morgan fingerprint density at radius 2 is 1.74 bits per heavy atom. The number of phenols is 2. The summed E-state index contributed by atoms with van der Waals surface area (Å²) in [4.78, 5) is 26.1. The smallest absolute Gasteiger partial charge is 0.331 e. The fourth-order valence-electron chi connectivity index (χ4n) is 4.47. The van der Waals surface area contributed by atoms with Crippen molar-refractivity contribution in [1.29, 1.82) is 0 Å². The van der Waals surface area contributed by atoms with Gasteiger partial charge in [0.25, 0.3) is 5.56 Å². The van der Waals surface area contributed by atoms with Crippen LogP contribution in [0.15, 0.2) is 58.1 Å². The summed E-state index contributed by atoms with van der Waals surface area (Å²) in [5.74, 6) is -0.188. The highest BCUT2D eigenvalue weighted by Crippen LogP contribution is 2.43. The first-order chi connectivity index (χ1) is 14.9. The number of nitrogens with zero attached hydrogens (tertiary/aromatic N) is 3. The molecule has 0 amide bonds. The lowest BCUT2D eigenvalue weighted by Gasteiger charge is -2.28. The summed E-state index contributed by atoms with van der Waals surface area (Å²) in [6.07, 6.45) is -0.716. The molecule has 0 fully saturated rings. The molecule has 0 radical (unpaired) electrons. The zero-order valence-electron chi connectivity index (χ0n) is 17.1. The van der Waals surface area contributed by atoms with Gasteiger partial charge in [-0.2, -0.15) is 0 Å². The normalized spacial score (nSPS) is 15.9. The number of phenolic OH excluding ortho intramolecular Hbond substituents is 2. The molecule has 0 spiro atoms. The van der Waals surface area contributed by atoms with Gasteiger partial charge in [0.1, 0.15) is 17.6 Å². The topological polar surface area (TPSA) is 98.6 Å². The first-order valence-electron chi connectivity index (χ1n) is 9.91. The molecule has 31 heavy (non-hydrogen) atoms. The Kier molecular flexibility index (Phi) is 4.26. The molecule has 8 heteroatoms. The maximum absolute atomic E-state index is 13.3. The van der Waals surface area contributed by atoms with Crippen LogP contribution in [0.2, 0.25) is 0 Å². The van der Waals surface area contributed by atoms with Gasteiger partial charge in [0.2, 0.25) is 0 Å². The third-order valence-electron chi connectivity index (χ3n) is 5.90. The second-order valence-corrected chi connectivity index (χ2v) is 7.67. The lowest BCUT2D eigenvalue weighted by molar-refractivity contribution is 0.0464. The van der Waals surface area contributed by atoms with Crippen LogP contribution in [0.1, 0.15) is 17.4 Å². The van der Waals surface area contributed by atoms with Gasteiger partial charge >= 0.3 is 5.69 Å². The van der Waals surface area contributed by atoms with E-state index >= 15 is 0 Å². The largest absolute Gasteiger partial charge is 0.508 e. The van der Waals surface area contributed by atoms with Gasteiger partial charge in [-0.3, -0.25) is 13.9 Å². The van der Waals surface area contributed by atoms with Gasteiger partial charge in [-0.15, -0.1) is 0 Å². The Morgan fingerprint density at radius 3 is 2.45 bits per heavy atom. The molecule has 3 heterocycles. The minimum absolute atomic E-state index is 0.0662. The minimum atomic E-state index is -0.716. The van der Waals surface area contributed by atoms with Crippen LogP contribution in [-0.2, 0) is 25.4 Å². The first kappa shape index (κ1) is 19.2. The van der Waals surface area contributed by atoms with E-state index in [1.807, 2.05) is 34.9 Å². The molecular formula is C23H21N3O5. The van der Waals surface area contributed by atoms with E-state index in [4.69, 9.17) is 4.74 Å². The standard InChI is InChI=1S/C23H21N3O5/c1-24-19-17(22(29)25(2)23(24)30)18(13-6-4-3-5-7-13)26-10-11-31-21(20(19)26)15-9-8-14(27)12-16(15)28/h3-9,12,21,27-28H,10-11H2,1-2H3/t21-/m0/s1. The molecule has 5 rings (SSSR count). The molecule has 2 aromatic heterocycles. The van der Waals surface area contributed by atoms with Crippen molar-refractivity contribution in [2.75, 3.05) is 6.61 Å². The molecule has 1 aliphatic heterocycles. The number of aryl methyl sites for hydroxylation is 1. The highest BCUT2D eigenvalue weighted by Gasteiger charge is 2.34. The monoisotopic (exact) mass is 419 g/mol. The molecule has 2 aromatic carbocycles. The zero-order chi connectivity index (χ0) is 21.9. The van der Waals surface area contributed by atoms with Gasteiger partial charge in [0.05, 0.1) is 28.9 Å². The van der Waals surface area contributed by atoms with Gasteiger partial charge in [0, 0.05) is 32.3 Å². The van der Waals surface area contributed by atoms with Crippen LogP contribution < -0.4 is 11.2 Å². The average molecular weight is 419 g/mol. The molecule has 1 aliphatic rings. The van der Waals surface area contributed by atoms with Crippen LogP contribution in [0.4, 0.5) is 0 Å². The fraction of sp³-hybridized carbons (Fsp3) is 0.217. The summed E-state index contributed by atoms with van der Waals surface area (Å²) in [5, 5.41) is 20.6. The summed E-state index contributed by atoms with van der Waals surface area (Å²) in [5.41, 5.74) is 2.30. The third kappa shape index (κ3) is 2.72. The van der Waals surface area contributed by atoms with Crippen LogP contribution in [0.25, 0.3) is 22.2 Å². The highest BCUT2D eigenvalue weighted by molar-refractivity contribution is 5.96. The van der Waals surface area contributed by atoms with Crippen LogP contribution in [0, 0.1) is 0 Å². The maximum Gasteiger partial charge on any atom is 0.331 e. The molecule has 0 aliphatic carbocycles. The van der Waals surface area contributed by atoms with Crippen LogP contribution in [0.5, 0.6) is 11.5 Å². The predicted molar refractivity (Wildman–Crippen MR) is 115 cm³/mol. The number of fused-ring (bicyclic) bond motifs is 3. The van der Waals surface area contributed by atoms with Crippen molar-refractivity contribution >= 4 is 10.9 Å². The number of aromatic hydroxyl groups is 2. The number of rotatable bonds is 2. The van der Waals surface area contributed by atoms with Crippen LogP contribution in [0.3, 0.4) is 0 Å². The summed E-state index contributed by atoms with van der Waals surface area (Å²) in [6.45, 7) is 0.841. The number of hydrogen-bond acceptors (Lipinski definition) is 5. The predicted octanol–water partition coefficient (Wildman–Crippen LogP) is 2.24. The zero-order valence-corrected chi connectivity index (χ0v) is 17.1. The van der Waals surface area contributed by atoms with Crippen molar-refractivity contribution in [2.24, 2.45) is 14.1 Å². The summed E-state index contributed by atoms with van der Waals surface area (Å²) < 4.78 is 10.6. The highest BCUT2D eigenvalue weighted by atomic mass is 16.5. The first-order valence-corrected chi connectivity index (χ1v) is 9.91. The number of ether oxygens (including phenoxy) is 1. The Morgan fingerprint density at radius 1 is 1.00 bits per heavy atom. The van der Waals surface area contributed by atoms with Crippen molar-refractivity contribution < 1.29 is 14.9 Å². The summed E-state index contributed by atoms with van der Waals surface area (Å²) in [7, 11) is 3.09. The molecular weight excluding hydrogens is 398 g/mol. The van der Waals surface area contributed by atoms with Crippen molar-refractivity contribution in [3.8, 4) is 22.8 Å². The van der Waals surface area contributed by atoms with E-state index < -0.39 is 11.8 Å². The van der Waals surface area contributed by atoms with Gasteiger partial charge < -0.3 is 19.5 Å². The third-order valence-corrected chi connectivity index (χ3v) is 5.90. The Balaban J connectivity index is 1.95. The Hall–Kier alpha value is -3.78. The fourth-order valence-corrected chi connectivity index (χ4v) is 4.47. The van der Waals surface area contributed by atoms with E-state index in [1.54, 1.807) is 13.1 Å². The van der Waals surface area contributed by atoms with Gasteiger partial charge in [-0.05, 0) is 17.7 Å². The molecule has 0 saturated carbocycles. The SMILES string of the molecule is Cn1c(=O)c2c(-c3ccccc3)n3c(c2n(C)c1=O)[C@H](c1ccc(O)cc1O)OCC3. The summed E-state index contributed by atoms with van der Waals surface area (Å²) >= 11 is 0. The number of hydrogen-bond donors (Lipinski definition) is 2. The molecule has 1 atom stereocenters. The Bertz CT molecular complexity index is 1450. The lowest BCUT2D eigenvalue weighted by Crippen LogP contribution is -2.37. The quantitative estimate of drug-likeness (QED) is 0.519. The summed E-state index contributed by atoms with van der Waals surface area (Å²) in [6, 6.07) is 13.9. The molecule has 2 N–H and O–H groups in total. The van der Waals surface area contributed by atoms with E-state index in [0.29, 0.717) is 41.0 Å².